The third kappa shape index (κ3) is 6.17. The number of aliphatic carboxylic acids is 1. The fourth-order valence-electron chi connectivity index (χ4n) is 5.21. The molecule has 0 aromatic heterocycles. The van der Waals surface area contributed by atoms with Crippen molar-refractivity contribution in [3.05, 3.63) is 59.7 Å². The summed E-state index contributed by atoms with van der Waals surface area (Å²) in [7, 11) is 0. The summed E-state index contributed by atoms with van der Waals surface area (Å²) in [6.45, 7) is 0.269. The molecule has 0 spiro atoms. The lowest BCUT2D eigenvalue weighted by Crippen LogP contribution is -2.41. The van der Waals surface area contributed by atoms with Crippen LogP contribution in [0.4, 0.5) is 4.79 Å². The van der Waals surface area contributed by atoms with Gasteiger partial charge in [-0.05, 0) is 65.9 Å². The van der Waals surface area contributed by atoms with E-state index in [2.05, 4.69) is 34.9 Å². The number of hydrogen-bond donors (Lipinski definition) is 3. The minimum atomic E-state index is -1.01. The zero-order valence-electron chi connectivity index (χ0n) is 19.9. The van der Waals surface area contributed by atoms with E-state index in [0.29, 0.717) is 18.6 Å². The first-order chi connectivity index (χ1) is 17.0. The lowest BCUT2D eigenvalue weighted by atomic mass is 9.98. The molecule has 1 fully saturated rings. The average molecular weight is 497 g/mol. The van der Waals surface area contributed by atoms with Gasteiger partial charge in [0, 0.05) is 18.4 Å². The van der Waals surface area contributed by atoms with E-state index < -0.39 is 18.1 Å². The molecule has 1 saturated carbocycles. The highest BCUT2D eigenvalue weighted by atomic mass is 32.2. The molecule has 3 unspecified atom stereocenters. The zero-order valence-corrected chi connectivity index (χ0v) is 20.7. The van der Waals surface area contributed by atoms with Crippen LogP contribution in [0.5, 0.6) is 0 Å². The molecule has 2 aromatic carbocycles. The van der Waals surface area contributed by atoms with Crippen LogP contribution in [0.1, 0.15) is 49.1 Å². The van der Waals surface area contributed by atoms with E-state index in [-0.39, 0.29) is 36.8 Å². The Labute approximate surface area is 210 Å². The minimum Gasteiger partial charge on any atom is -0.480 e. The minimum absolute atomic E-state index is 0.0152. The third-order valence-corrected chi connectivity index (χ3v) is 7.57. The normalized spacial score (nSPS) is 19.5. The van der Waals surface area contributed by atoms with E-state index in [9.17, 15) is 19.5 Å². The Morgan fingerprint density at radius 2 is 1.71 bits per heavy atom. The lowest BCUT2D eigenvalue weighted by molar-refractivity contribution is -0.142. The number of carboxylic acid groups (broad SMARTS) is 1. The Morgan fingerprint density at radius 3 is 2.34 bits per heavy atom. The van der Waals surface area contributed by atoms with Gasteiger partial charge in [-0.25, -0.2) is 9.59 Å². The van der Waals surface area contributed by atoms with Gasteiger partial charge in [0.1, 0.15) is 12.6 Å². The SMILES string of the molecule is CSCCC(NC(=O)CC1CCC(NC(=O)OCC2c3ccccc3-c3ccccc32)C1)C(=O)O. The quantitative estimate of drug-likeness (QED) is 0.450. The number of amides is 2. The van der Waals surface area contributed by atoms with E-state index in [1.807, 2.05) is 30.5 Å². The number of hydrogen-bond acceptors (Lipinski definition) is 5. The van der Waals surface area contributed by atoms with Crippen LogP contribution in [-0.4, -0.2) is 53.8 Å². The van der Waals surface area contributed by atoms with Crippen molar-refractivity contribution in [2.75, 3.05) is 18.6 Å². The predicted molar refractivity (Wildman–Crippen MR) is 137 cm³/mol. The number of carboxylic acids is 1. The average Bonchev–Trinajstić information content (AvgIpc) is 3.41. The Balaban J connectivity index is 1.24. The van der Waals surface area contributed by atoms with Gasteiger partial charge >= 0.3 is 12.1 Å². The van der Waals surface area contributed by atoms with Gasteiger partial charge in [0.25, 0.3) is 0 Å². The Bertz CT molecular complexity index is 1030. The van der Waals surface area contributed by atoms with Crippen LogP contribution in [0.3, 0.4) is 0 Å². The molecule has 2 aliphatic carbocycles. The summed E-state index contributed by atoms with van der Waals surface area (Å²) in [5.74, 6) is -0.448. The molecule has 8 heteroatoms. The zero-order chi connectivity index (χ0) is 24.8. The largest absolute Gasteiger partial charge is 0.480 e. The molecule has 35 heavy (non-hydrogen) atoms. The van der Waals surface area contributed by atoms with Gasteiger partial charge in [0.15, 0.2) is 0 Å². The third-order valence-electron chi connectivity index (χ3n) is 6.92. The molecular formula is C27H32N2O5S. The molecule has 0 heterocycles. The standard InChI is InChI=1S/C27H32N2O5S/c1-35-13-12-24(26(31)32)29-25(30)15-17-10-11-18(14-17)28-27(33)34-16-23-21-8-4-2-6-19(21)20-7-3-5-9-22(20)23/h2-9,17-18,23-24H,10-16H2,1H3,(H,28,33)(H,29,30)(H,31,32). The van der Waals surface area contributed by atoms with Crippen LogP contribution in [-0.2, 0) is 14.3 Å². The smallest absolute Gasteiger partial charge is 0.407 e. The second-order valence-electron chi connectivity index (χ2n) is 9.29. The van der Waals surface area contributed by atoms with E-state index in [1.165, 1.54) is 22.3 Å². The number of fused-ring (bicyclic) bond motifs is 3. The molecule has 7 nitrogen and oxygen atoms in total. The van der Waals surface area contributed by atoms with Crippen molar-refractivity contribution in [2.24, 2.45) is 5.92 Å². The highest BCUT2D eigenvalue weighted by molar-refractivity contribution is 7.98. The maximum absolute atomic E-state index is 12.5. The van der Waals surface area contributed by atoms with Crippen molar-refractivity contribution in [1.29, 1.82) is 0 Å². The number of alkyl carbamates (subject to hydrolysis) is 1. The lowest BCUT2D eigenvalue weighted by Gasteiger charge is -2.17. The number of carbonyl (C=O) groups excluding carboxylic acids is 2. The first-order valence-electron chi connectivity index (χ1n) is 12.1. The monoisotopic (exact) mass is 496 g/mol. The first-order valence-corrected chi connectivity index (χ1v) is 13.5. The maximum Gasteiger partial charge on any atom is 0.407 e. The van der Waals surface area contributed by atoms with Crippen LogP contribution in [0, 0.1) is 5.92 Å². The molecule has 3 N–H and O–H groups in total. The summed E-state index contributed by atoms with van der Waals surface area (Å²) >= 11 is 1.55. The summed E-state index contributed by atoms with van der Waals surface area (Å²) in [5, 5.41) is 14.9. The molecule has 0 bridgehead atoms. The summed E-state index contributed by atoms with van der Waals surface area (Å²) in [5.41, 5.74) is 4.72. The maximum atomic E-state index is 12.5. The van der Waals surface area contributed by atoms with E-state index in [1.54, 1.807) is 11.8 Å². The molecule has 0 radical (unpaired) electrons. The van der Waals surface area contributed by atoms with E-state index in [4.69, 9.17) is 4.74 Å². The summed E-state index contributed by atoms with van der Waals surface area (Å²) < 4.78 is 5.64. The summed E-state index contributed by atoms with van der Waals surface area (Å²) in [4.78, 5) is 36.3. The number of thioether (sulfide) groups is 1. The van der Waals surface area contributed by atoms with E-state index in [0.717, 1.165) is 12.8 Å². The van der Waals surface area contributed by atoms with Gasteiger partial charge in [0.2, 0.25) is 5.91 Å². The van der Waals surface area contributed by atoms with E-state index >= 15 is 0 Å². The van der Waals surface area contributed by atoms with Crippen molar-refractivity contribution in [3.63, 3.8) is 0 Å². The molecule has 2 aliphatic rings. The van der Waals surface area contributed by atoms with Crippen LogP contribution >= 0.6 is 11.8 Å². The molecule has 186 valence electrons. The van der Waals surface area contributed by atoms with Gasteiger partial charge in [-0.2, -0.15) is 11.8 Å². The Hall–Kier alpha value is -3.00. The first kappa shape index (κ1) is 25.1. The number of nitrogens with one attached hydrogen (secondary N) is 2. The van der Waals surface area contributed by atoms with Gasteiger partial charge in [0.05, 0.1) is 0 Å². The van der Waals surface area contributed by atoms with Crippen molar-refractivity contribution in [1.82, 2.24) is 10.6 Å². The summed E-state index contributed by atoms with van der Waals surface area (Å²) in [6.07, 6.45) is 4.40. The van der Waals surface area contributed by atoms with Gasteiger partial charge < -0.3 is 20.5 Å². The highest BCUT2D eigenvalue weighted by Gasteiger charge is 2.31. The second kappa shape index (κ2) is 11.6. The number of carbonyl (C=O) groups is 3. The predicted octanol–water partition coefficient (Wildman–Crippen LogP) is 4.41. The number of ether oxygens (including phenoxy) is 1. The number of benzene rings is 2. The second-order valence-corrected chi connectivity index (χ2v) is 10.3. The van der Waals surface area contributed by atoms with Gasteiger partial charge in [-0.3, -0.25) is 4.79 Å². The van der Waals surface area contributed by atoms with Gasteiger partial charge in [-0.15, -0.1) is 0 Å². The fraction of sp³-hybridized carbons (Fsp3) is 0.444. The molecule has 0 aliphatic heterocycles. The van der Waals surface area contributed by atoms with Crippen molar-refractivity contribution < 1.29 is 24.2 Å². The molecule has 4 rings (SSSR count). The van der Waals surface area contributed by atoms with Crippen molar-refractivity contribution >= 4 is 29.7 Å². The highest BCUT2D eigenvalue weighted by Crippen LogP contribution is 2.44. The number of rotatable bonds is 10. The molecule has 3 atom stereocenters. The Morgan fingerprint density at radius 1 is 1.06 bits per heavy atom. The topological polar surface area (TPSA) is 105 Å². The van der Waals surface area contributed by atoms with Crippen LogP contribution in [0.2, 0.25) is 0 Å². The fourth-order valence-corrected chi connectivity index (χ4v) is 5.68. The molecular weight excluding hydrogens is 464 g/mol. The van der Waals surface area contributed by atoms with Crippen molar-refractivity contribution in [3.8, 4) is 11.1 Å². The van der Waals surface area contributed by atoms with Gasteiger partial charge in [-0.1, -0.05) is 48.5 Å². The summed E-state index contributed by atoms with van der Waals surface area (Å²) in [6, 6.07) is 15.5. The van der Waals surface area contributed by atoms with Crippen molar-refractivity contribution in [2.45, 2.75) is 50.1 Å². The molecule has 2 aromatic rings. The van der Waals surface area contributed by atoms with Crippen LogP contribution in [0.15, 0.2) is 48.5 Å². The molecule has 0 saturated heterocycles. The Kier molecular flexibility index (Phi) is 8.33. The molecule has 2 amide bonds. The van der Waals surface area contributed by atoms with Crippen LogP contribution in [0.25, 0.3) is 11.1 Å². The van der Waals surface area contributed by atoms with Crippen LogP contribution < -0.4 is 10.6 Å².